The van der Waals surface area contributed by atoms with Gasteiger partial charge < -0.3 is 20.1 Å². The average molecular weight is 395 g/mol. The van der Waals surface area contributed by atoms with E-state index in [0.717, 1.165) is 13.0 Å². The molecule has 0 aliphatic carbocycles. The molecule has 29 heavy (non-hydrogen) atoms. The molecule has 2 aromatic carbocycles. The number of hydrogen-bond acceptors (Lipinski definition) is 3. The minimum atomic E-state index is 0.185. The van der Waals surface area contributed by atoms with Crippen LogP contribution in [0.25, 0.3) is 22.0 Å². The first kappa shape index (κ1) is 21.6. The summed E-state index contributed by atoms with van der Waals surface area (Å²) < 4.78 is 5.07. The molecule has 0 spiro atoms. The summed E-state index contributed by atoms with van der Waals surface area (Å²) in [6.45, 7) is 9.96. The highest BCUT2D eigenvalue weighted by atomic mass is 16.5. The molecule has 3 N–H and O–H groups in total. The quantitative estimate of drug-likeness (QED) is 0.598. The highest BCUT2D eigenvalue weighted by molar-refractivity contribution is 5.85. The third kappa shape index (κ3) is 5.47. The molecule has 1 aromatic heterocycles. The molecule has 3 aromatic rings. The van der Waals surface area contributed by atoms with Crippen LogP contribution in [0, 0.1) is 6.92 Å². The molecule has 1 saturated heterocycles. The van der Waals surface area contributed by atoms with Crippen LogP contribution in [0.4, 0.5) is 0 Å². The maximum absolute atomic E-state index is 8.66. The molecule has 2 atom stereocenters. The first-order valence-corrected chi connectivity index (χ1v) is 10.4. The van der Waals surface area contributed by atoms with Crippen LogP contribution in [-0.4, -0.2) is 42.5 Å². The van der Waals surface area contributed by atoms with Gasteiger partial charge in [-0.2, -0.15) is 0 Å². The topological polar surface area (TPSA) is 57.3 Å². The number of nitrogens with one attached hydrogen (secondary N) is 2. The van der Waals surface area contributed by atoms with Crippen molar-refractivity contribution >= 4 is 10.9 Å². The van der Waals surface area contributed by atoms with Crippen LogP contribution < -0.4 is 5.32 Å². The average Bonchev–Trinajstić information content (AvgIpc) is 3.32. The van der Waals surface area contributed by atoms with Crippen LogP contribution in [-0.2, 0) is 10.2 Å². The molecule has 0 saturated carbocycles. The Morgan fingerprint density at radius 2 is 1.83 bits per heavy atom. The zero-order valence-electron chi connectivity index (χ0n) is 18.3. The molecule has 0 amide bonds. The maximum atomic E-state index is 8.66. The SMILES string of the molecule is COC1CNC(CO)C1.Cc1cc2cc(-c3cccc(C(C)(C)C)c3)ccc2[nH]1. The van der Waals surface area contributed by atoms with Gasteiger partial charge in [0.1, 0.15) is 0 Å². The van der Waals surface area contributed by atoms with E-state index >= 15 is 0 Å². The van der Waals surface area contributed by atoms with Gasteiger partial charge in [-0.1, -0.05) is 51.1 Å². The normalized spacial score (nSPS) is 19.2. The molecule has 1 fully saturated rings. The van der Waals surface area contributed by atoms with E-state index in [1.807, 2.05) is 0 Å². The number of aliphatic hydroxyl groups is 1. The molecule has 4 heteroatoms. The van der Waals surface area contributed by atoms with Gasteiger partial charge in [0, 0.05) is 36.3 Å². The van der Waals surface area contributed by atoms with Crippen molar-refractivity contribution in [2.45, 2.75) is 51.7 Å². The maximum Gasteiger partial charge on any atom is 0.0711 e. The lowest BCUT2D eigenvalue weighted by Crippen LogP contribution is -2.24. The van der Waals surface area contributed by atoms with E-state index in [4.69, 9.17) is 9.84 Å². The van der Waals surface area contributed by atoms with Crippen LogP contribution in [0.3, 0.4) is 0 Å². The summed E-state index contributed by atoms with van der Waals surface area (Å²) in [6, 6.07) is 17.9. The molecule has 0 radical (unpaired) electrons. The largest absolute Gasteiger partial charge is 0.395 e. The number of aryl methyl sites for hydroxylation is 1. The summed E-state index contributed by atoms with van der Waals surface area (Å²) in [5.41, 5.74) is 6.55. The van der Waals surface area contributed by atoms with Crippen LogP contribution in [0.15, 0.2) is 48.5 Å². The molecular weight excluding hydrogens is 360 g/mol. The van der Waals surface area contributed by atoms with E-state index in [9.17, 15) is 0 Å². The second kappa shape index (κ2) is 9.12. The predicted octanol–water partition coefficient (Wildman–Crippen LogP) is 4.80. The zero-order chi connectivity index (χ0) is 21.0. The van der Waals surface area contributed by atoms with Gasteiger partial charge in [0.25, 0.3) is 0 Å². The van der Waals surface area contributed by atoms with Crippen molar-refractivity contribution in [1.29, 1.82) is 0 Å². The summed E-state index contributed by atoms with van der Waals surface area (Å²) in [5, 5.41) is 13.1. The van der Waals surface area contributed by atoms with Crippen molar-refractivity contribution in [3.8, 4) is 11.1 Å². The van der Waals surface area contributed by atoms with Gasteiger partial charge >= 0.3 is 0 Å². The third-order valence-electron chi connectivity index (χ3n) is 5.55. The van der Waals surface area contributed by atoms with Crippen LogP contribution in [0.2, 0.25) is 0 Å². The summed E-state index contributed by atoms with van der Waals surface area (Å²) in [4.78, 5) is 3.37. The number of hydrogen-bond donors (Lipinski definition) is 3. The lowest BCUT2D eigenvalue weighted by molar-refractivity contribution is 0.114. The Morgan fingerprint density at radius 3 is 2.45 bits per heavy atom. The van der Waals surface area contributed by atoms with Gasteiger partial charge in [0.15, 0.2) is 0 Å². The summed E-state index contributed by atoms with van der Waals surface area (Å²) in [5.74, 6) is 0. The minimum Gasteiger partial charge on any atom is -0.395 e. The molecular formula is C25H34N2O2. The lowest BCUT2D eigenvalue weighted by atomic mass is 9.85. The van der Waals surface area contributed by atoms with E-state index in [1.54, 1.807) is 7.11 Å². The Hall–Kier alpha value is -2.14. The van der Waals surface area contributed by atoms with Crippen molar-refractivity contribution in [1.82, 2.24) is 10.3 Å². The number of ether oxygens (including phenoxy) is 1. The molecule has 156 valence electrons. The molecule has 0 bridgehead atoms. The van der Waals surface area contributed by atoms with Crippen LogP contribution >= 0.6 is 0 Å². The molecule has 1 aliphatic heterocycles. The Labute approximate surface area is 174 Å². The number of aliphatic hydroxyl groups excluding tert-OH is 1. The van der Waals surface area contributed by atoms with E-state index in [0.29, 0.717) is 6.10 Å². The zero-order valence-corrected chi connectivity index (χ0v) is 18.3. The third-order valence-corrected chi connectivity index (χ3v) is 5.55. The molecule has 1 aliphatic rings. The first-order valence-electron chi connectivity index (χ1n) is 10.4. The predicted molar refractivity (Wildman–Crippen MR) is 121 cm³/mol. The highest BCUT2D eigenvalue weighted by Gasteiger charge is 2.22. The molecule has 2 heterocycles. The minimum absolute atomic E-state index is 0.185. The second-order valence-corrected chi connectivity index (χ2v) is 8.97. The fourth-order valence-electron chi connectivity index (χ4n) is 3.72. The number of aromatic amines is 1. The van der Waals surface area contributed by atoms with Gasteiger partial charge in [-0.3, -0.25) is 0 Å². The van der Waals surface area contributed by atoms with Crippen molar-refractivity contribution in [2.24, 2.45) is 0 Å². The van der Waals surface area contributed by atoms with E-state index < -0.39 is 0 Å². The summed E-state index contributed by atoms with van der Waals surface area (Å²) >= 11 is 0. The fraction of sp³-hybridized carbons (Fsp3) is 0.440. The number of H-pyrrole nitrogens is 1. The van der Waals surface area contributed by atoms with Gasteiger partial charge in [0.2, 0.25) is 0 Å². The second-order valence-electron chi connectivity index (χ2n) is 8.97. The molecule has 2 unspecified atom stereocenters. The smallest absolute Gasteiger partial charge is 0.0711 e. The van der Waals surface area contributed by atoms with Crippen molar-refractivity contribution in [2.75, 3.05) is 20.3 Å². The highest BCUT2D eigenvalue weighted by Crippen LogP contribution is 2.29. The Kier molecular flexibility index (Phi) is 6.78. The fourth-order valence-corrected chi connectivity index (χ4v) is 3.72. The van der Waals surface area contributed by atoms with Crippen LogP contribution in [0.1, 0.15) is 38.4 Å². The standard InChI is InChI=1S/C19H21N.C6H13NO2/c1-13-10-16-11-15(8-9-18(16)20-13)14-6-5-7-17(12-14)19(2,3)4;1-9-6-2-5(4-8)7-3-6/h5-12,20H,1-4H3;5-8H,2-4H2,1H3. The van der Waals surface area contributed by atoms with Gasteiger partial charge in [-0.05, 0) is 53.6 Å². The Bertz CT molecular complexity index is 929. The van der Waals surface area contributed by atoms with Crippen molar-refractivity contribution < 1.29 is 9.84 Å². The molecule has 4 nitrogen and oxygen atoms in total. The van der Waals surface area contributed by atoms with Crippen LogP contribution in [0.5, 0.6) is 0 Å². The number of methoxy groups -OCH3 is 1. The van der Waals surface area contributed by atoms with Crippen molar-refractivity contribution in [3.63, 3.8) is 0 Å². The monoisotopic (exact) mass is 394 g/mol. The summed E-state index contributed by atoms with van der Waals surface area (Å²) in [7, 11) is 1.70. The van der Waals surface area contributed by atoms with Crippen molar-refractivity contribution in [3.05, 3.63) is 59.8 Å². The Morgan fingerprint density at radius 1 is 1.07 bits per heavy atom. The van der Waals surface area contributed by atoms with Gasteiger partial charge in [0.05, 0.1) is 12.7 Å². The number of fused-ring (bicyclic) bond motifs is 1. The number of benzene rings is 2. The van der Waals surface area contributed by atoms with Gasteiger partial charge in [-0.25, -0.2) is 0 Å². The van der Waals surface area contributed by atoms with E-state index in [1.165, 1.54) is 33.3 Å². The lowest BCUT2D eigenvalue weighted by Gasteiger charge is -2.19. The van der Waals surface area contributed by atoms with Gasteiger partial charge in [-0.15, -0.1) is 0 Å². The number of rotatable bonds is 3. The summed E-state index contributed by atoms with van der Waals surface area (Å²) in [6.07, 6.45) is 1.25. The number of aromatic nitrogens is 1. The van der Waals surface area contributed by atoms with E-state index in [2.05, 4.69) is 86.5 Å². The first-order chi connectivity index (χ1) is 13.8. The Balaban J connectivity index is 0.000000224. The molecule has 4 rings (SSSR count). The van der Waals surface area contributed by atoms with E-state index in [-0.39, 0.29) is 18.1 Å².